The Hall–Kier alpha value is -3.35. The summed E-state index contributed by atoms with van der Waals surface area (Å²) < 4.78 is 5.54. The summed E-state index contributed by atoms with van der Waals surface area (Å²) in [5.74, 6) is -1.18. The quantitative estimate of drug-likeness (QED) is 0.509. The summed E-state index contributed by atoms with van der Waals surface area (Å²) in [6.07, 6.45) is 1.55. The molecule has 0 bridgehead atoms. The average Bonchev–Trinajstić information content (AvgIpc) is 3.51. The van der Waals surface area contributed by atoms with Crippen LogP contribution in [0.2, 0.25) is 0 Å². The van der Waals surface area contributed by atoms with Crippen LogP contribution in [0.15, 0.2) is 48.5 Å². The van der Waals surface area contributed by atoms with Crippen molar-refractivity contribution in [3.05, 3.63) is 59.7 Å². The van der Waals surface area contributed by atoms with Crippen molar-refractivity contribution in [1.29, 1.82) is 0 Å². The van der Waals surface area contributed by atoms with Crippen LogP contribution < -0.4 is 10.6 Å². The summed E-state index contributed by atoms with van der Waals surface area (Å²) in [6.45, 7) is 2.58. The van der Waals surface area contributed by atoms with E-state index in [1.807, 2.05) is 31.2 Å². The third-order valence-electron chi connectivity index (χ3n) is 6.52. The van der Waals surface area contributed by atoms with Crippen molar-refractivity contribution >= 4 is 18.0 Å². The molecule has 1 saturated carbocycles. The van der Waals surface area contributed by atoms with E-state index in [1.165, 1.54) is 11.1 Å². The van der Waals surface area contributed by atoms with E-state index in [-0.39, 0.29) is 42.7 Å². The number of fused-ring (bicyclic) bond motifs is 3. The van der Waals surface area contributed by atoms with Crippen LogP contribution in [-0.4, -0.2) is 42.3 Å². The van der Waals surface area contributed by atoms with Crippen LogP contribution >= 0.6 is 0 Å². The average molecular weight is 451 g/mol. The number of benzene rings is 2. The Kier molecular flexibility index (Phi) is 6.96. The molecule has 0 radical (unpaired) electrons. The third kappa shape index (κ3) is 5.35. The van der Waals surface area contributed by atoms with E-state index < -0.39 is 12.1 Å². The lowest BCUT2D eigenvalue weighted by molar-refractivity contribution is -0.137. The highest BCUT2D eigenvalue weighted by atomic mass is 16.5. The van der Waals surface area contributed by atoms with Gasteiger partial charge in [-0.2, -0.15) is 0 Å². The molecule has 7 heteroatoms. The molecule has 2 aromatic rings. The van der Waals surface area contributed by atoms with Gasteiger partial charge in [-0.15, -0.1) is 0 Å². The smallest absolute Gasteiger partial charge is 0.407 e. The maximum Gasteiger partial charge on any atom is 0.407 e. The van der Waals surface area contributed by atoms with Gasteiger partial charge in [-0.25, -0.2) is 4.79 Å². The monoisotopic (exact) mass is 450 g/mol. The van der Waals surface area contributed by atoms with Crippen molar-refractivity contribution in [2.75, 3.05) is 13.2 Å². The van der Waals surface area contributed by atoms with Crippen molar-refractivity contribution < 1.29 is 24.2 Å². The maximum atomic E-state index is 12.4. The number of carbonyl (C=O) groups is 3. The van der Waals surface area contributed by atoms with E-state index >= 15 is 0 Å². The molecular formula is C26H30N2O5. The van der Waals surface area contributed by atoms with Crippen LogP contribution in [-0.2, 0) is 14.3 Å². The molecular weight excluding hydrogens is 420 g/mol. The molecule has 2 aliphatic carbocycles. The molecule has 3 atom stereocenters. The number of nitrogens with one attached hydrogen (secondary N) is 2. The number of carboxylic acids is 1. The van der Waals surface area contributed by atoms with Crippen LogP contribution in [0.25, 0.3) is 11.1 Å². The summed E-state index contributed by atoms with van der Waals surface area (Å²) >= 11 is 0. The van der Waals surface area contributed by atoms with E-state index in [0.717, 1.165) is 17.5 Å². The number of carbonyl (C=O) groups excluding carboxylic acids is 2. The van der Waals surface area contributed by atoms with Crippen LogP contribution in [0.1, 0.15) is 49.7 Å². The van der Waals surface area contributed by atoms with Crippen LogP contribution in [0.3, 0.4) is 0 Å². The van der Waals surface area contributed by atoms with Gasteiger partial charge in [-0.3, -0.25) is 9.59 Å². The second-order valence-electron chi connectivity index (χ2n) is 8.90. The fourth-order valence-electron chi connectivity index (χ4n) is 4.75. The number of amides is 2. The SMILES string of the molecule is CCC[C@@H](CC(=O)O)NC(=O)C1CC1CNC(=O)OCC1c2ccccc2-c2ccccc21. The second kappa shape index (κ2) is 10.1. The largest absolute Gasteiger partial charge is 0.481 e. The van der Waals surface area contributed by atoms with Crippen LogP contribution in [0.5, 0.6) is 0 Å². The Bertz CT molecular complexity index is 991. The standard InChI is InChI=1S/C26H30N2O5/c1-2-7-17(13-24(29)30)28-25(31)22-12-16(22)14-27-26(32)33-15-23-20-10-5-3-8-18(20)19-9-4-6-11-21(19)23/h3-6,8-11,16-17,22-23H,2,7,12-15H2,1H3,(H,27,32)(H,28,31)(H,29,30)/t16?,17-,22?/m0/s1. The lowest BCUT2D eigenvalue weighted by Crippen LogP contribution is -2.38. The van der Waals surface area contributed by atoms with Crippen molar-refractivity contribution in [2.24, 2.45) is 11.8 Å². The number of aliphatic carboxylic acids is 1. The fourth-order valence-corrected chi connectivity index (χ4v) is 4.75. The first kappa shape index (κ1) is 22.8. The maximum absolute atomic E-state index is 12.4. The van der Waals surface area contributed by atoms with Gasteiger partial charge in [0.15, 0.2) is 0 Å². The molecule has 2 amide bonds. The molecule has 174 valence electrons. The van der Waals surface area contributed by atoms with Gasteiger partial charge in [0.25, 0.3) is 0 Å². The van der Waals surface area contributed by atoms with Crippen molar-refractivity contribution in [3.63, 3.8) is 0 Å². The number of carboxylic acid groups (broad SMARTS) is 1. The van der Waals surface area contributed by atoms with Crippen molar-refractivity contribution in [3.8, 4) is 11.1 Å². The summed E-state index contributed by atoms with van der Waals surface area (Å²) in [5.41, 5.74) is 4.68. The van der Waals surface area contributed by atoms with Crippen LogP contribution in [0, 0.1) is 11.8 Å². The van der Waals surface area contributed by atoms with Crippen molar-refractivity contribution in [2.45, 2.75) is 44.6 Å². The molecule has 0 aromatic heterocycles. The molecule has 3 N–H and O–H groups in total. The first-order valence-corrected chi connectivity index (χ1v) is 11.6. The minimum atomic E-state index is -0.919. The predicted octanol–water partition coefficient (Wildman–Crippen LogP) is 3.92. The highest BCUT2D eigenvalue weighted by molar-refractivity contribution is 5.82. The van der Waals surface area contributed by atoms with Gasteiger partial charge in [-0.05, 0) is 41.0 Å². The summed E-state index contributed by atoms with van der Waals surface area (Å²) in [7, 11) is 0. The van der Waals surface area contributed by atoms with Gasteiger partial charge in [0.05, 0.1) is 6.42 Å². The third-order valence-corrected chi connectivity index (χ3v) is 6.52. The van der Waals surface area contributed by atoms with E-state index in [2.05, 4.69) is 34.9 Å². The van der Waals surface area contributed by atoms with Gasteiger partial charge in [0.2, 0.25) is 5.91 Å². The predicted molar refractivity (Wildman–Crippen MR) is 124 cm³/mol. The second-order valence-corrected chi connectivity index (χ2v) is 8.90. The molecule has 33 heavy (non-hydrogen) atoms. The fraction of sp³-hybridized carbons (Fsp3) is 0.423. The minimum absolute atomic E-state index is 0.00679. The van der Waals surface area contributed by atoms with Gasteiger partial charge >= 0.3 is 12.1 Å². The number of hydrogen-bond acceptors (Lipinski definition) is 4. The molecule has 0 spiro atoms. The molecule has 0 saturated heterocycles. The normalized spacial score (nSPS) is 19.2. The Morgan fingerprint density at radius 3 is 2.30 bits per heavy atom. The lowest BCUT2D eigenvalue weighted by atomic mass is 9.98. The Morgan fingerprint density at radius 1 is 1.06 bits per heavy atom. The van der Waals surface area contributed by atoms with Crippen LogP contribution in [0.4, 0.5) is 4.79 Å². The molecule has 7 nitrogen and oxygen atoms in total. The molecule has 2 aliphatic rings. The zero-order valence-electron chi connectivity index (χ0n) is 18.8. The van der Waals surface area contributed by atoms with Gasteiger partial charge in [0.1, 0.15) is 6.61 Å². The molecule has 4 rings (SSSR count). The minimum Gasteiger partial charge on any atom is -0.481 e. The summed E-state index contributed by atoms with van der Waals surface area (Å²) in [4.78, 5) is 35.7. The van der Waals surface area contributed by atoms with Gasteiger partial charge < -0.3 is 20.5 Å². The molecule has 2 unspecified atom stereocenters. The highest BCUT2D eigenvalue weighted by Crippen LogP contribution is 2.44. The van der Waals surface area contributed by atoms with E-state index in [4.69, 9.17) is 9.84 Å². The summed E-state index contributed by atoms with van der Waals surface area (Å²) in [6, 6.07) is 16.0. The lowest BCUT2D eigenvalue weighted by Gasteiger charge is -2.16. The number of rotatable bonds is 10. The van der Waals surface area contributed by atoms with E-state index in [1.54, 1.807) is 0 Å². The van der Waals surface area contributed by atoms with Gasteiger partial charge in [0, 0.05) is 24.4 Å². The summed E-state index contributed by atoms with van der Waals surface area (Å²) in [5, 5.41) is 14.6. The first-order chi connectivity index (χ1) is 16.0. The zero-order chi connectivity index (χ0) is 23.4. The van der Waals surface area contributed by atoms with E-state index in [9.17, 15) is 14.4 Å². The molecule has 0 heterocycles. The molecule has 1 fully saturated rings. The number of hydrogen-bond donors (Lipinski definition) is 3. The molecule has 2 aromatic carbocycles. The Morgan fingerprint density at radius 2 is 1.70 bits per heavy atom. The Labute approximate surface area is 193 Å². The highest BCUT2D eigenvalue weighted by Gasteiger charge is 2.43. The molecule has 0 aliphatic heterocycles. The van der Waals surface area contributed by atoms with E-state index in [0.29, 0.717) is 19.4 Å². The Balaban J connectivity index is 1.23. The first-order valence-electron chi connectivity index (χ1n) is 11.6. The van der Waals surface area contributed by atoms with Crippen molar-refractivity contribution in [1.82, 2.24) is 10.6 Å². The van der Waals surface area contributed by atoms with Gasteiger partial charge in [-0.1, -0.05) is 61.9 Å². The topological polar surface area (TPSA) is 105 Å². The number of alkyl carbamates (subject to hydrolysis) is 1. The zero-order valence-corrected chi connectivity index (χ0v) is 18.8. The number of ether oxygens (including phenoxy) is 1.